The van der Waals surface area contributed by atoms with E-state index in [9.17, 15) is 13.2 Å². The minimum Gasteiger partial charge on any atom is -0.484 e. The van der Waals surface area contributed by atoms with Gasteiger partial charge in [0.15, 0.2) is 6.61 Å². The topological polar surface area (TPSA) is 84.5 Å². The van der Waals surface area contributed by atoms with Crippen LogP contribution in [0.15, 0.2) is 76.1 Å². The number of carbonyl (C=O) groups excluding carboxylic acids is 1. The lowest BCUT2D eigenvalue weighted by Gasteiger charge is -2.11. The molecule has 0 aliphatic carbocycles. The van der Waals surface area contributed by atoms with Crippen molar-refractivity contribution in [3.8, 4) is 5.75 Å². The van der Waals surface area contributed by atoms with E-state index in [2.05, 4.69) is 26.0 Å². The van der Waals surface area contributed by atoms with E-state index < -0.39 is 10.0 Å². The summed E-state index contributed by atoms with van der Waals surface area (Å²) in [6, 6.07) is 18.7. The molecule has 0 heterocycles. The Morgan fingerprint density at radius 3 is 2.23 bits per heavy atom. The van der Waals surface area contributed by atoms with E-state index >= 15 is 0 Å². The van der Waals surface area contributed by atoms with E-state index in [-0.39, 0.29) is 17.4 Å². The molecule has 6 nitrogen and oxygen atoms in total. The Hall–Kier alpha value is -2.84. The average molecular weight is 489 g/mol. The third-order valence-corrected chi connectivity index (χ3v) is 6.21. The SMILES string of the molecule is Cc1cc(C)cc(NS(=O)(=O)c2ccc(OCC(=O)Nc3ccccc3Br)cc2)c1. The van der Waals surface area contributed by atoms with Crippen molar-refractivity contribution in [1.82, 2.24) is 0 Å². The quantitative estimate of drug-likeness (QED) is 0.495. The summed E-state index contributed by atoms with van der Waals surface area (Å²) in [5.41, 5.74) is 3.09. The van der Waals surface area contributed by atoms with Crippen LogP contribution in [-0.4, -0.2) is 20.9 Å². The van der Waals surface area contributed by atoms with Crippen LogP contribution in [0.1, 0.15) is 11.1 Å². The Bertz CT molecular complexity index is 1140. The normalized spacial score (nSPS) is 11.0. The van der Waals surface area contributed by atoms with Gasteiger partial charge in [0, 0.05) is 10.2 Å². The molecular weight excluding hydrogens is 468 g/mol. The molecule has 0 fully saturated rings. The predicted octanol–water partition coefficient (Wildman–Crippen LogP) is 4.88. The highest BCUT2D eigenvalue weighted by atomic mass is 79.9. The fourth-order valence-electron chi connectivity index (χ4n) is 2.86. The zero-order valence-corrected chi connectivity index (χ0v) is 18.9. The van der Waals surface area contributed by atoms with Crippen LogP contribution in [0.4, 0.5) is 11.4 Å². The Balaban J connectivity index is 1.61. The third kappa shape index (κ3) is 5.84. The molecule has 0 aliphatic rings. The molecule has 3 aromatic carbocycles. The number of nitrogens with one attached hydrogen (secondary N) is 2. The van der Waals surface area contributed by atoms with Crippen LogP contribution < -0.4 is 14.8 Å². The molecule has 2 N–H and O–H groups in total. The number of hydrogen-bond acceptors (Lipinski definition) is 4. The van der Waals surface area contributed by atoms with E-state index in [1.165, 1.54) is 24.3 Å². The molecule has 0 radical (unpaired) electrons. The zero-order valence-electron chi connectivity index (χ0n) is 16.5. The Labute approximate surface area is 184 Å². The van der Waals surface area contributed by atoms with E-state index in [0.29, 0.717) is 17.1 Å². The molecule has 0 atom stereocenters. The van der Waals surface area contributed by atoms with Crippen molar-refractivity contribution in [2.24, 2.45) is 0 Å². The highest BCUT2D eigenvalue weighted by Crippen LogP contribution is 2.22. The number of para-hydroxylation sites is 1. The molecule has 8 heteroatoms. The Kier molecular flexibility index (Phi) is 6.79. The second-order valence-corrected chi connectivity index (χ2v) is 9.31. The number of ether oxygens (including phenoxy) is 1. The van der Waals surface area contributed by atoms with Crippen molar-refractivity contribution in [2.45, 2.75) is 18.7 Å². The van der Waals surface area contributed by atoms with Gasteiger partial charge in [-0.05, 0) is 89.4 Å². The van der Waals surface area contributed by atoms with E-state index in [1.807, 2.05) is 38.1 Å². The van der Waals surface area contributed by atoms with Gasteiger partial charge < -0.3 is 10.1 Å². The number of benzene rings is 3. The minimum absolute atomic E-state index is 0.103. The molecule has 3 rings (SSSR count). The molecule has 30 heavy (non-hydrogen) atoms. The number of hydrogen-bond donors (Lipinski definition) is 2. The maximum atomic E-state index is 12.6. The third-order valence-electron chi connectivity index (χ3n) is 4.13. The van der Waals surface area contributed by atoms with E-state index in [0.717, 1.165) is 15.6 Å². The molecule has 0 saturated carbocycles. The second kappa shape index (κ2) is 9.32. The van der Waals surface area contributed by atoms with Crippen molar-refractivity contribution < 1.29 is 17.9 Å². The average Bonchev–Trinajstić information content (AvgIpc) is 2.67. The lowest BCUT2D eigenvalue weighted by Crippen LogP contribution is -2.20. The van der Waals surface area contributed by atoms with E-state index in [1.54, 1.807) is 18.2 Å². The van der Waals surface area contributed by atoms with Crippen LogP contribution in [-0.2, 0) is 14.8 Å². The summed E-state index contributed by atoms with van der Waals surface area (Å²) in [6.07, 6.45) is 0. The molecular formula is C22H21BrN2O4S. The molecule has 156 valence electrons. The van der Waals surface area contributed by atoms with Gasteiger partial charge in [-0.25, -0.2) is 8.42 Å². The second-order valence-electron chi connectivity index (χ2n) is 6.77. The van der Waals surface area contributed by atoms with Gasteiger partial charge in [-0.2, -0.15) is 0 Å². The summed E-state index contributed by atoms with van der Waals surface area (Å²) in [6.45, 7) is 3.61. The fourth-order valence-corrected chi connectivity index (χ4v) is 4.28. The van der Waals surface area contributed by atoms with Gasteiger partial charge in [0.1, 0.15) is 5.75 Å². The number of halogens is 1. The first kappa shape index (κ1) is 21.9. The van der Waals surface area contributed by atoms with Gasteiger partial charge in [-0.1, -0.05) is 18.2 Å². The van der Waals surface area contributed by atoms with Gasteiger partial charge in [-0.15, -0.1) is 0 Å². The first-order valence-corrected chi connectivity index (χ1v) is 11.4. The van der Waals surface area contributed by atoms with Crippen molar-refractivity contribution >= 4 is 43.2 Å². The maximum absolute atomic E-state index is 12.6. The number of carbonyl (C=O) groups is 1. The lowest BCUT2D eigenvalue weighted by molar-refractivity contribution is -0.118. The number of amides is 1. The Morgan fingerprint density at radius 2 is 1.60 bits per heavy atom. The van der Waals surface area contributed by atoms with Gasteiger partial charge in [0.05, 0.1) is 10.6 Å². The number of rotatable bonds is 7. The lowest BCUT2D eigenvalue weighted by atomic mass is 10.1. The number of aryl methyl sites for hydroxylation is 2. The van der Waals surface area contributed by atoms with Crippen molar-refractivity contribution in [1.29, 1.82) is 0 Å². The van der Waals surface area contributed by atoms with Crippen molar-refractivity contribution in [3.63, 3.8) is 0 Å². The fraction of sp³-hybridized carbons (Fsp3) is 0.136. The summed E-state index contributed by atoms with van der Waals surface area (Å²) < 4.78 is 34.0. The van der Waals surface area contributed by atoms with Crippen molar-refractivity contribution in [2.75, 3.05) is 16.6 Å². The Morgan fingerprint density at radius 1 is 0.967 bits per heavy atom. The van der Waals surface area contributed by atoms with Gasteiger partial charge in [-0.3, -0.25) is 9.52 Å². The standard InChI is InChI=1S/C22H21BrN2O4S/c1-15-11-16(2)13-17(12-15)25-30(27,28)19-9-7-18(8-10-19)29-14-22(26)24-21-6-4-3-5-20(21)23/h3-13,25H,14H2,1-2H3,(H,24,26). The van der Waals surface area contributed by atoms with Crippen LogP contribution in [0.2, 0.25) is 0 Å². The first-order chi connectivity index (χ1) is 14.2. The number of anilines is 2. The summed E-state index contributed by atoms with van der Waals surface area (Å²) in [5, 5.41) is 2.74. The first-order valence-electron chi connectivity index (χ1n) is 9.11. The van der Waals surface area contributed by atoms with Crippen LogP contribution in [0, 0.1) is 13.8 Å². The highest BCUT2D eigenvalue weighted by Gasteiger charge is 2.15. The van der Waals surface area contributed by atoms with Crippen molar-refractivity contribution in [3.05, 3.63) is 82.3 Å². The van der Waals surface area contributed by atoms with Crippen LogP contribution in [0.3, 0.4) is 0 Å². The molecule has 0 aliphatic heterocycles. The summed E-state index contributed by atoms with van der Waals surface area (Å²) in [4.78, 5) is 12.2. The maximum Gasteiger partial charge on any atom is 0.262 e. The summed E-state index contributed by atoms with van der Waals surface area (Å²) >= 11 is 3.36. The molecule has 0 aromatic heterocycles. The molecule has 3 aromatic rings. The number of sulfonamides is 1. The molecule has 1 amide bonds. The zero-order chi connectivity index (χ0) is 21.7. The monoisotopic (exact) mass is 488 g/mol. The smallest absolute Gasteiger partial charge is 0.262 e. The minimum atomic E-state index is -3.73. The molecule has 0 saturated heterocycles. The summed E-state index contributed by atoms with van der Waals surface area (Å²) in [7, 11) is -3.73. The highest BCUT2D eigenvalue weighted by molar-refractivity contribution is 9.10. The summed E-state index contributed by atoms with van der Waals surface area (Å²) in [5.74, 6) is 0.0673. The van der Waals surface area contributed by atoms with Crippen LogP contribution in [0.25, 0.3) is 0 Å². The van der Waals surface area contributed by atoms with Crippen LogP contribution in [0.5, 0.6) is 5.75 Å². The van der Waals surface area contributed by atoms with E-state index in [4.69, 9.17) is 4.74 Å². The van der Waals surface area contributed by atoms with Gasteiger partial charge in [0.25, 0.3) is 15.9 Å². The van der Waals surface area contributed by atoms with Crippen LogP contribution >= 0.6 is 15.9 Å². The van der Waals surface area contributed by atoms with Gasteiger partial charge in [0.2, 0.25) is 0 Å². The molecule has 0 bridgehead atoms. The van der Waals surface area contributed by atoms with Gasteiger partial charge >= 0.3 is 0 Å². The largest absolute Gasteiger partial charge is 0.484 e. The molecule has 0 spiro atoms. The predicted molar refractivity (Wildman–Crippen MR) is 121 cm³/mol. The molecule has 0 unspecified atom stereocenters.